The van der Waals surface area contributed by atoms with Crippen LogP contribution in [-0.4, -0.2) is 25.0 Å². The second kappa shape index (κ2) is 4.53. The second-order valence-corrected chi connectivity index (χ2v) is 5.59. The third-order valence-electron chi connectivity index (χ3n) is 3.96. The molecular weight excluding hydrogens is 184 g/mol. The van der Waals surface area contributed by atoms with E-state index in [0.717, 1.165) is 25.3 Å². The summed E-state index contributed by atoms with van der Waals surface area (Å²) in [6.07, 6.45) is 9.33. The zero-order valence-electron chi connectivity index (χ0n) is 9.84. The van der Waals surface area contributed by atoms with Gasteiger partial charge in [-0.15, -0.1) is 0 Å². The van der Waals surface area contributed by atoms with Crippen molar-refractivity contribution < 1.29 is 0 Å². The lowest BCUT2D eigenvalue weighted by Gasteiger charge is -2.28. The first-order valence-corrected chi connectivity index (χ1v) is 6.34. The Bertz CT molecular complexity index is 244. The van der Waals surface area contributed by atoms with Crippen LogP contribution >= 0.6 is 0 Å². The third kappa shape index (κ3) is 2.95. The molecular formula is C13H22N2. The maximum atomic E-state index is 9.03. The number of hydrogen-bond acceptors (Lipinski definition) is 2. The van der Waals surface area contributed by atoms with Gasteiger partial charge in [-0.05, 0) is 38.6 Å². The molecule has 0 spiro atoms. The molecule has 0 radical (unpaired) electrons. The normalized spacial score (nSPS) is 25.1. The van der Waals surface area contributed by atoms with Crippen molar-refractivity contribution in [2.24, 2.45) is 11.3 Å². The molecule has 2 aliphatic rings. The number of hydrogen-bond donors (Lipinski definition) is 0. The zero-order valence-corrected chi connectivity index (χ0v) is 9.84. The Morgan fingerprint density at radius 2 is 1.93 bits per heavy atom. The van der Waals surface area contributed by atoms with Crippen molar-refractivity contribution in [2.75, 3.05) is 20.1 Å². The van der Waals surface area contributed by atoms with Crippen LogP contribution in [-0.2, 0) is 0 Å². The van der Waals surface area contributed by atoms with Crippen molar-refractivity contribution in [1.29, 1.82) is 5.26 Å². The van der Waals surface area contributed by atoms with Crippen LogP contribution < -0.4 is 0 Å². The molecule has 0 amide bonds. The summed E-state index contributed by atoms with van der Waals surface area (Å²) in [5.41, 5.74) is 0.0451. The lowest BCUT2D eigenvalue weighted by Crippen LogP contribution is -2.31. The fourth-order valence-corrected chi connectivity index (χ4v) is 2.85. The van der Waals surface area contributed by atoms with Gasteiger partial charge in [0, 0.05) is 13.1 Å². The fourth-order valence-electron chi connectivity index (χ4n) is 2.85. The van der Waals surface area contributed by atoms with E-state index in [9.17, 15) is 0 Å². The van der Waals surface area contributed by atoms with Crippen molar-refractivity contribution in [3.05, 3.63) is 0 Å². The van der Waals surface area contributed by atoms with E-state index in [1.165, 1.54) is 38.6 Å². The molecule has 0 aliphatic heterocycles. The maximum absolute atomic E-state index is 9.03. The molecule has 2 rings (SSSR count). The van der Waals surface area contributed by atoms with Crippen LogP contribution in [0.5, 0.6) is 0 Å². The number of rotatable bonds is 4. The third-order valence-corrected chi connectivity index (χ3v) is 3.96. The van der Waals surface area contributed by atoms with E-state index in [4.69, 9.17) is 5.26 Å². The first-order chi connectivity index (χ1) is 7.24. The molecule has 0 aromatic rings. The van der Waals surface area contributed by atoms with Crippen LogP contribution in [0.25, 0.3) is 0 Å². The molecule has 0 N–H and O–H groups in total. The van der Waals surface area contributed by atoms with Crippen LogP contribution in [0.4, 0.5) is 0 Å². The lowest BCUT2D eigenvalue weighted by molar-refractivity contribution is 0.215. The van der Waals surface area contributed by atoms with Crippen molar-refractivity contribution in [3.63, 3.8) is 0 Å². The summed E-state index contributed by atoms with van der Waals surface area (Å²) in [4.78, 5) is 2.40. The van der Waals surface area contributed by atoms with Crippen molar-refractivity contribution in [2.45, 2.75) is 44.9 Å². The minimum Gasteiger partial charge on any atom is -0.305 e. The van der Waals surface area contributed by atoms with Gasteiger partial charge in [-0.2, -0.15) is 5.26 Å². The van der Waals surface area contributed by atoms with Crippen molar-refractivity contribution >= 4 is 0 Å². The molecule has 2 fully saturated rings. The fraction of sp³-hybridized carbons (Fsp3) is 0.923. The average molecular weight is 206 g/mol. The van der Waals surface area contributed by atoms with E-state index in [0.29, 0.717) is 0 Å². The van der Waals surface area contributed by atoms with Gasteiger partial charge in [0.25, 0.3) is 0 Å². The standard InChI is InChI=1S/C13H22N2/c1-15(11-13(10-14)7-8-13)9-12-5-3-2-4-6-12/h12H,2-9,11H2,1H3. The predicted molar refractivity (Wildman–Crippen MR) is 61.4 cm³/mol. The summed E-state index contributed by atoms with van der Waals surface area (Å²) in [6.45, 7) is 2.21. The van der Waals surface area contributed by atoms with E-state index < -0.39 is 0 Å². The monoisotopic (exact) mass is 206 g/mol. The van der Waals surface area contributed by atoms with Crippen LogP contribution in [0, 0.1) is 22.7 Å². The van der Waals surface area contributed by atoms with E-state index in [-0.39, 0.29) is 5.41 Å². The summed E-state index contributed by atoms with van der Waals surface area (Å²) in [5, 5.41) is 9.03. The molecule has 2 heteroatoms. The van der Waals surface area contributed by atoms with Gasteiger partial charge in [-0.3, -0.25) is 0 Å². The van der Waals surface area contributed by atoms with E-state index in [2.05, 4.69) is 18.0 Å². The maximum Gasteiger partial charge on any atom is 0.0703 e. The highest BCUT2D eigenvalue weighted by atomic mass is 15.1. The van der Waals surface area contributed by atoms with Gasteiger partial charge in [-0.25, -0.2) is 0 Å². The second-order valence-electron chi connectivity index (χ2n) is 5.59. The van der Waals surface area contributed by atoms with Crippen molar-refractivity contribution in [1.82, 2.24) is 4.90 Å². The molecule has 0 bridgehead atoms. The SMILES string of the molecule is CN(CC1CCCCC1)CC1(C#N)CC1. The zero-order chi connectivity index (χ0) is 10.7. The van der Waals surface area contributed by atoms with Gasteiger partial charge in [0.15, 0.2) is 0 Å². The van der Waals surface area contributed by atoms with Gasteiger partial charge in [0.05, 0.1) is 11.5 Å². The summed E-state index contributed by atoms with van der Waals surface area (Å²) >= 11 is 0. The van der Waals surface area contributed by atoms with Gasteiger partial charge >= 0.3 is 0 Å². The summed E-state index contributed by atoms with van der Waals surface area (Å²) in [6, 6.07) is 2.48. The molecule has 2 aliphatic carbocycles. The molecule has 15 heavy (non-hydrogen) atoms. The molecule has 0 unspecified atom stereocenters. The van der Waals surface area contributed by atoms with Crippen LogP contribution in [0.15, 0.2) is 0 Å². The van der Waals surface area contributed by atoms with E-state index >= 15 is 0 Å². The molecule has 0 heterocycles. The Morgan fingerprint density at radius 3 is 2.47 bits per heavy atom. The van der Waals surface area contributed by atoms with Gasteiger partial charge < -0.3 is 4.90 Å². The number of nitrogens with zero attached hydrogens (tertiary/aromatic N) is 2. The average Bonchev–Trinajstić information content (AvgIpc) is 3.00. The highest BCUT2D eigenvalue weighted by molar-refractivity contribution is 5.11. The molecule has 2 nitrogen and oxygen atoms in total. The van der Waals surface area contributed by atoms with E-state index in [1.807, 2.05) is 0 Å². The van der Waals surface area contributed by atoms with Crippen molar-refractivity contribution in [3.8, 4) is 6.07 Å². The Kier molecular flexibility index (Phi) is 3.31. The highest BCUT2D eigenvalue weighted by Crippen LogP contribution is 2.45. The summed E-state index contributed by atoms with van der Waals surface area (Å²) < 4.78 is 0. The first kappa shape index (κ1) is 11.0. The Morgan fingerprint density at radius 1 is 1.27 bits per heavy atom. The molecule has 0 aromatic carbocycles. The Labute approximate surface area is 93.3 Å². The Balaban J connectivity index is 1.72. The smallest absolute Gasteiger partial charge is 0.0703 e. The quantitative estimate of drug-likeness (QED) is 0.707. The molecule has 0 aromatic heterocycles. The largest absolute Gasteiger partial charge is 0.305 e. The molecule has 0 atom stereocenters. The number of nitriles is 1. The van der Waals surface area contributed by atoms with Gasteiger partial charge in [-0.1, -0.05) is 19.3 Å². The molecule has 84 valence electrons. The Hall–Kier alpha value is -0.550. The summed E-state index contributed by atoms with van der Waals surface area (Å²) in [7, 11) is 2.19. The minimum absolute atomic E-state index is 0.0451. The topological polar surface area (TPSA) is 27.0 Å². The lowest BCUT2D eigenvalue weighted by atomic mass is 9.89. The predicted octanol–water partition coefficient (Wildman–Crippen LogP) is 2.80. The molecule has 0 saturated heterocycles. The van der Waals surface area contributed by atoms with E-state index in [1.54, 1.807) is 0 Å². The van der Waals surface area contributed by atoms with Gasteiger partial charge in [0.2, 0.25) is 0 Å². The van der Waals surface area contributed by atoms with Crippen LogP contribution in [0.2, 0.25) is 0 Å². The minimum atomic E-state index is 0.0451. The highest BCUT2D eigenvalue weighted by Gasteiger charge is 2.43. The van der Waals surface area contributed by atoms with Crippen LogP contribution in [0.1, 0.15) is 44.9 Å². The summed E-state index contributed by atoms with van der Waals surface area (Å²) in [5.74, 6) is 0.901. The van der Waals surface area contributed by atoms with Crippen LogP contribution in [0.3, 0.4) is 0 Å². The molecule has 2 saturated carbocycles. The first-order valence-electron chi connectivity index (χ1n) is 6.34. The van der Waals surface area contributed by atoms with Gasteiger partial charge in [0.1, 0.15) is 0 Å².